The number of halogens is 1. The Labute approximate surface area is 131 Å². The van der Waals surface area contributed by atoms with Crippen LogP contribution < -0.4 is 5.73 Å². The third kappa shape index (κ3) is 4.19. The van der Waals surface area contributed by atoms with Gasteiger partial charge in [0.1, 0.15) is 6.04 Å². The van der Waals surface area contributed by atoms with Crippen molar-refractivity contribution >= 4 is 17.5 Å². The van der Waals surface area contributed by atoms with E-state index in [9.17, 15) is 4.79 Å². The number of ether oxygens (including phenoxy) is 1. The van der Waals surface area contributed by atoms with E-state index >= 15 is 0 Å². The topological polar surface area (TPSA) is 55.6 Å². The van der Waals surface area contributed by atoms with Crippen LogP contribution in [0, 0.1) is 0 Å². The number of carbonyl (C=O) groups is 1. The molecule has 2 unspecified atom stereocenters. The molecule has 1 amide bonds. The molecule has 0 spiro atoms. The molecule has 1 aliphatic rings. The molecule has 1 fully saturated rings. The molecule has 1 aromatic carbocycles. The number of methoxy groups -OCH3 is 1. The number of amides is 1. The number of benzene rings is 1. The maximum atomic E-state index is 12.6. The number of hydrogen-bond donors (Lipinski definition) is 1. The van der Waals surface area contributed by atoms with Crippen LogP contribution in [0.2, 0.25) is 5.02 Å². The fourth-order valence-electron chi connectivity index (χ4n) is 2.87. The van der Waals surface area contributed by atoms with Gasteiger partial charge in [0, 0.05) is 18.7 Å². The predicted molar refractivity (Wildman–Crippen MR) is 84.2 cm³/mol. The molecule has 5 heteroatoms. The van der Waals surface area contributed by atoms with Crippen molar-refractivity contribution in [3.05, 3.63) is 34.9 Å². The van der Waals surface area contributed by atoms with E-state index in [1.54, 1.807) is 7.11 Å². The first-order valence-electron chi connectivity index (χ1n) is 7.44. The summed E-state index contributed by atoms with van der Waals surface area (Å²) in [6.45, 7) is 1.01. The lowest BCUT2D eigenvalue weighted by molar-refractivity contribution is -0.136. The summed E-state index contributed by atoms with van der Waals surface area (Å²) in [7, 11) is 1.56. The summed E-state index contributed by atoms with van der Waals surface area (Å²) in [6, 6.07) is 7.24. The van der Waals surface area contributed by atoms with Crippen molar-refractivity contribution in [1.82, 2.24) is 4.90 Å². The molecule has 21 heavy (non-hydrogen) atoms. The predicted octanol–water partition coefficient (Wildman–Crippen LogP) is 2.76. The SMILES string of the molecule is COCC(N)C(=O)N1CCCCCC1c1ccc(Cl)cc1. The minimum atomic E-state index is -0.595. The molecule has 1 saturated heterocycles. The van der Waals surface area contributed by atoms with Gasteiger partial charge in [-0.1, -0.05) is 36.6 Å². The molecule has 4 nitrogen and oxygen atoms in total. The summed E-state index contributed by atoms with van der Waals surface area (Å²) in [4.78, 5) is 14.5. The highest BCUT2D eigenvalue weighted by molar-refractivity contribution is 6.30. The van der Waals surface area contributed by atoms with E-state index in [4.69, 9.17) is 22.1 Å². The van der Waals surface area contributed by atoms with Crippen LogP contribution in [0.15, 0.2) is 24.3 Å². The van der Waals surface area contributed by atoms with Gasteiger partial charge in [-0.15, -0.1) is 0 Å². The zero-order chi connectivity index (χ0) is 15.2. The van der Waals surface area contributed by atoms with Crippen molar-refractivity contribution in [1.29, 1.82) is 0 Å². The molecule has 0 aliphatic carbocycles. The maximum absolute atomic E-state index is 12.6. The Morgan fingerprint density at radius 1 is 1.38 bits per heavy atom. The Balaban J connectivity index is 2.21. The van der Waals surface area contributed by atoms with E-state index in [1.165, 1.54) is 0 Å². The van der Waals surface area contributed by atoms with E-state index in [2.05, 4.69) is 0 Å². The second kappa shape index (κ2) is 7.78. The molecular weight excluding hydrogens is 288 g/mol. The van der Waals surface area contributed by atoms with Crippen LogP contribution in [0.5, 0.6) is 0 Å². The number of nitrogens with zero attached hydrogens (tertiary/aromatic N) is 1. The van der Waals surface area contributed by atoms with Crippen LogP contribution in [-0.2, 0) is 9.53 Å². The minimum absolute atomic E-state index is 0.0290. The first-order chi connectivity index (χ1) is 10.1. The van der Waals surface area contributed by atoms with Gasteiger partial charge in [-0.2, -0.15) is 0 Å². The van der Waals surface area contributed by atoms with Crippen molar-refractivity contribution in [2.24, 2.45) is 5.73 Å². The van der Waals surface area contributed by atoms with Gasteiger partial charge in [-0.3, -0.25) is 4.79 Å². The maximum Gasteiger partial charge on any atom is 0.242 e. The van der Waals surface area contributed by atoms with Crippen LogP contribution in [0.3, 0.4) is 0 Å². The highest BCUT2D eigenvalue weighted by Gasteiger charge is 2.29. The summed E-state index contributed by atoms with van der Waals surface area (Å²) >= 11 is 5.96. The van der Waals surface area contributed by atoms with Crippen molar-refractivity contribution in [3.63, 3.8) is 0 Å². The lowest BCUT2D eigenvalue weighted by Crippen LogP contribution is -2.47. The van der Waals surface area contributed by atoms with E-state index in [0.29, 0.717) is 5.02 Å². The van der Waals surface area contributed by atoms with Gasteiger partial charge in [0.05, 0.1) is 12.6 Å². The highest BCUT2D eigenvalue weighted by Crippen LogP contribution is 2.31. The van der Waals surface area contributed by atoms with Gasteiger partial charge < -0.3 is 15.4 Å². The van der Waals surface area contributed by atoms with Gasteiger partial charge in [0.15, 0.2) is 0 Å². The number of likely N-dealkylation sites (tertiary alicyclic amines) is 1. The molecule has 0 bridgehead atoms. The molecule has 116 valence electrons. The van der Waals surface area contributed by atoms with Crippen LogP contribution in [-0.4, -0.2) is 37.1 Å². The summed E-state index contributed by atoms with van der Waals surface area (Å²) in [5.74, 6) is -0.0290. The van der Waals surface area contributed by atoms with Gasteiger partial charge >= 0.3 is 0 Å². The summed E-state index contributed by atoms with van der Waals surface area (Å²) < 4.78 is 5.01. The summed E-state index contributed by atoms with van der Waals surface area (Å²) in [5, 5.41) is 0.710. The van der Waals surface area contributed by atoms with E-state index < -0.39 is 6.04 Å². The highest BCUT2D eigenvalue weighted by atomic mass is 35.5. The molecule has 2 atom stereocenters. The van der Waals surface area contributed by atoms with Gasteiger partial charge in [-0.25, -0.2) is 0 Å². The number of carbonyl (C=O) groups excluding carboxylic acids is 1. The first kappa shape index (κ1) is 16.3. The molecule has 2 rings (SSSR count). The third-order valence-corrected chi connectivity index (χ3v) is 4.21. The zero-order valence-electron chi connectivity index (χ0n) is 12.4. The summed E-state index contributed by atoms with van der Waals surface area (Å²) in [5.41, 5.74) is 7.06. The molecule has 1 aliphatic heterocycles. The standard InChI is InChI=1S/C16H23ClN2O2/c1-21-11-14(18)16(20)19-10-4-2-3-5-15(19)12-6-8-13(17)9-7-12/h6-9,14-15H,2-5,10-11,18H2,1H3. The molecule has 2 N–H and O–H groups in total. The normalized spacial score (nSPS) is 20.9. The lowest BCUT2D eigenvalue weighted by Gasteiger charge is -2.32. The average molecular weight is 311 g/mol. The fourth-order valence-corrected chi connectivity index (χ4v) is 2.99. The molecule has 0 saturated carbocycles. The van der Waals surface area contributed by atoms with Gasteiger partial charge in [-0.05, 0) is 30.5 Å². The number of nitrogens with two attached hydrogens (primary N) is 1. The Morgan fingerprint density at radius 2 is 2.10 bits per heavy atom. The minimum Gasteiger partial charge on any atom is -0.383 e. The fraction of sp³-hybridized carbons (Fsp3) is 0.562. The Kier molecular flexibility index (Phi) is 6.03. The van der Waals surface area contributed by atoms with Gasteiger partial charge in [0.25, 0.3) is 0 Å². The monoisotopic (exact) mass is 310 g/mol. The zero-order valence-corrected chi connectivity index (χ0v) is 13.2. The van der Waals surface area contributed by atoms with Crippen molar-refractivity contribution in [2.45, 2.75) is 37.8 Å². The van der Waals surface area contributed by atoms with Crippen LogP contribution in [0.4, 0.5) is 0 Å². The molecule has 0 radical (unpaired) electrons. The largest absolute Gasteiger partial charge is 0.383 e. The average Bonchev–Trinajstić information content (AvgIpc) is 2.73. The van der Waals surface area contributed by atoms with Crippen LogP contribution in [0.1, 0.15) is 37.3 Å². The smallest absolute Gasteiger partial charge is 0.242 e. The van der Waals surface area contributed by atoms with Gasteiger partial charge in [0.2, 0.25) is 5.91 Å². The van der Waals surface area contributed by atoms with Crippen LogP contribution in [0.25, 0.3) is 0 Å². The Morgan fingerprint density at radius 3 is 2.76 bits per heavy atom. The van der Waals surface area contributed by atoms with E-state index in [-0.39, 0.29) is 18.6 Å². The van der Waals surface area contributed by atoms with Crippen molar-refractivity contribution in [2.75, 3.05) is 20.3 Å². The lowest BCUT2D eigenvalue weighted by atomic mass is 10.0. The molecule has 1 heterocycles. The van der Waals surface area contributed by atoms with E-state index in [0.717, 1.165) is 37.8 Å². The molecule has 0 aromatic heterocycles. The quantitative estimate of drug-likeness (QED) is 0.930. The first-order valence-corrected chi connectivity index (χ1v) is 7.81. The Bertz CT molecular complexity index is 464. The third-order valence-electron chi connectivity index (χ3n) is 3.95. The number of rotatable bonds is 4. The summed E-state index contributed by atoms with van der Waals surface area (Å²) in [6.07, 6.45) is 4.26. The molecule has 1 aromatic rings. The second-order valence-corrected chi connectivity index (χ2v) is 5.95. The Hall–Kier alpha value is -1.10. The molecular formula is C16H23ClN2O2. The van der Waals surface area contributed by atoms with E-state index in [1.807, 2.05) is 29.2 Å². The second-order valence-electron chi connectivity index (χ2n) is 5.51. The van der Waals surface area contributed by atoms with Crippen molar-refractivity contribution in [3.8, 4) is 0 Å². The number of hydrogen-bond acceptors (Lipinski definition) is 3. The van der Waals surface area contributed by atoms with Crippen molar-refractivity contribution < 1.29 is 9.53 Å². The van der Waals surface area contributed by atoms with Crippen LogP contribution >= 0.6 is 11.6 Å².